The van der Waals surface area contributed by atoms with Gasteiger partial charge in [0.25, 0.3) is 0 Å². The molecule has 3 heterocycles. The third-order valence-corrected chi connectivity index (χ3v) is 5.26. The molecule has 4 rings (SSSR count). The molecular weight excluding hydrogens is 344 g/mol. The Morgan fingerprint density at radius 3 is 2.46 bits per heavy atom. The topological polar surface area (TPSA) is 53.3 Å². The quantitative estimate of drug-likeness (QED) is 0.696. The summed E-state index contributed by atoms with van der Waals surface area (Å²) in [4.78, 5) is 6.65. The van der Waals surface area contributed by atoms with E-state index in [9.17, 15) is 5.11 Å². The Morgan fingerprint density at radius 2 is 1.85 bits per heavy atom. The minimum atomic E-state index is -0.0643. The Morgan fingerprint density at radius 1 is 1.08 bits per heavy atom. The smallest absolute Gasteiger partial charge is 0.174 e. The van der Waals surface area contributed by atoms with Crippen molar-refractivity contribution in [1.29, 1.82) is 0 Å². The number of phenolic OH excluding ortho intramolecular Hbond substituents is 1. The van der Waals surface area contributed by atoms with E-state index in [0.717, 1.165) is 17.1 Å². The maximum absolute atomic E-state index is 9.64. The number of nitrogens with zero attached hydrogens (tertiary/aromatic N) is 3. The number of aromatic nitrogens is 2. The Balaban J connectivity index is 1.85. The fourth-order valence-corrected chi connectivity index (χ4v) is 3.82. The Kier molecular flexibility index (Phi) is 4.12. The number of aryl methyl sites for hydroxylation is 1. The number of benzene rings is 1. The summed E-state index contributed by atoms with van der Waals surface area (Å²) in [5.41, 5.74) is 4.21. The van der Waals surface area contributed by atoms with Crippen LogP contribution in [0.15, 0.2) is 60.8 Å². The molecule has 0 bridgehead atoms. The van der Waals surface area contributed by atoms with E-state index in [1.54, 1.807) is 18.3 Å². The zero-order chi connectivity index (χ0) is 18.3. The van der Waals surface area contributed by atoms with Gasteiger partial charge in [-0.15, -0.1) is 0 Å². The van der Waals surface area contributed by atoms with Crippen molar-refractivity contribution in [2.24, 2.45) is 7.05 Å². The van der Waals surface area contributed by atoms with Crippen molar-refractivity contribution < 1.29 is 5.11 Å². The molecule has 2 N–H and O–H groups in total. The van der Waals surface area contributed by atoms with E-state index in [-0.39, 0.29) is 17.8 Å². The number of anilines is 1. The van der Waals surface area contributed by atoms with Gasteiger partial charge >= 0.3 is 0 Å². The molecule has 2 atom stereocenters. The van der Waals surface area contributed by atoms with Crippen molar-refractivity contribution in [1.82, 2.24) is 14.9 Å². The van der Waals surface area contributed by atoms with Gasteiger partial charge in [-0.2, -0.15) is 0 Å². The molecule has 1 aromatic carbocycles. The number of pyridine rings is 1. The van der Waals surface area contributed by atoms with Crippen molar-refractivity contribution in [3.8, 4) is 5.75 Å². The third-order valence-electron chi connectivity index (χ3n) is 4.94. The SMILES string of the molecule is Cc1ccc(C2C(c3ccccn3)NC(=S)N2c2ccc(O)cc2)n1C. The van der Waals surface area contributed by atoms with E-state index in [1.807, 2.05) is 30.3 Å². The predicted molar refractivity (Wildman–Crippen MR) is 106 cm³/mol. The van der Waals surface area contributed by atoms with Gasteiger partial charge in [0.2, 0.25) is 0 Å². The van der Waals surface area contributed by atoms with Crippen LogP contribution in [0, 0.1) is 6.92 Å². The molecule has 0 aliphatic carbocycles. The normalized spacial score (nSPS) is 19.6. The zero-order valence-electron chi connectivity index (χ0n) is 14.6. The Bertz CT molecular complexity index is 936. The Labute approximate surface area is 157 Å². The van der Waals surface area contributed by atoms with Gasteiger partial charge in [-0.05, 0) is 67.7 Å². The average molecular weight is 364 g/mol. The first-order chi connectivity index (χ1) is 12.6. The summed E-state index contributed by atoms with van der Waals surface area (Å²) in [6.45, 7) is 2.09. The van der Waals surface area contributed by atoms with E-state index < -0.39 is 0 Å². The molecule has 1 aliphatic heterocycles. The van der Waals surface area contributed by atoms with Gasteiger partial charge in [-0.1, -0.05) is 6.07 Å². The number of aromatic hydroxyl groups is 1. The van der Waals surface area contributed by atoms with Gasteiger partial charge in [-0.3, -0.25) is 4.98 Å². The monoisotopic (exact) mass is 364 g/mol. The molecule has 2 aromatic heterocycles. The summed E-state index contributed by atoms with van der Waals surface area (Å²) in [5, 5.41) is 13.7. The number of thiocarbonyl (C=S) groups is 1. The maximum atomic E-state index is 9.64. The van der Waals surface area contributed by atoms with Gasteiger partial charge in [0.1, 0.15) is 11.8 Å². The van der Waals surface area contributed by atoms with Crippen molar-refractivity contribution in [3.05, 3.63) is 77.9 Å². The fraction of sp³-hybridized carbons (Fsp3) is 0.200. The molecule has 0 spiro atoms. The molecule has 1 saturated heterocycles. The van der Waals surface area contributed by atoms with E-state index in [4.69, 9.17) is 12.2 Å². The second-order valence-corrected chi connectivity index (χ2v) is 6.86. The van der Waals surface area contributed by atoms with Crippen LogP contribution in [0.2, 0.25) is 0 Å². The number of phenols is 1. The molecule has 3 aromatic rings. The van der Waals surface area contributed by atoms with E-state index >= 15 is 0 Å². The molecule has 1 aliphatic rings. The molecule has 2 unspecified atom stereocenters. The highest BCUT2D eigenvalue weighted by molar-refractivity contribution is 7.80. The van der Waals surface area contributed by atoms with Crippen molar-refractivity contribution in [2.45, 2.75) is 19.0 Å². The highest BCUT2D eigenvalue weighted by atomic mass is 32.1. The number of rotatable bonds is 3. The molecule has 1 fully saturated rings. The van der Waals surface area contributed by atoms with Crippen LogP contribution in [0.5, 0.6) is 5.75 Å². The second-order valence-electron chi connectivity index (χ2n) is 6.47. The molecule has 26 heavy (non-hydrogen) atoms. The highest BCUT2D eigenvalue weighted by Crippen LogP contribution is 2.41. The summed E-state index contributed by atoms with van der Waals surface area (Å²) >= 11 is 5.67. The first-order valence-corrected chi connectivity index (χ1v) is 8.89. The van der Waals surface area contributed by atoms with Gasteiger partial charge in [0.15, 0.2) is 5.11 Å². The summed E-state index contributed by atoms with van der Waals surface area (Å²) in [6.07, 6.45) is 1.80. The minimum Gasteiger partial charge on any atom is -0.508 e. The molecular formula is C20H20N4OS. The largest absolute Gasteiger partial charge is 0.508 e. The minimum absolute atomic E-state index is 0.0411. The lowest BCUT2D eigenvalue weighted by atomic mass is 10.0. The highest BCUT2D eigenvalue weighted by Gasteiger charge is 2.41. The molecule has 0 amide bonds. The van der Waals surface area contributed by atoms with Crippen LogP contribution in [-0.2, 0) is 7.05 Å². The lowest BCUT2D eigenvalue weighted by molar-refractivity contribution is 0.475. The first kappa shape index (κ1) is 16.6. The third kappa shape index (κ3) is 2.72. The molecule has 0 radical (unpaired) electrons. The van der Waals surface area contributed by atoms with Crippen LogP contribution in [0.25, 0.3) is 0 Å². The Hall–Kier alpha value is -2.86. The number of hydrogen-bond donors (Lipinski definition) is 2. The van der Waals surface area contributed by atoms with Crippen molar-refractivity contribution in [2.75, 3.05) is 4.90 Å². The van der Waals surface area contributed by atoms with Crippen LogP contribution in [0.3, 0.4) is 0 Å². The fourth-order valence-electron chi connectivity index (χ4n) is 3.48. The molecule has 6 heteroatoms. The van der Waals surface area contributed by atoms with Gasteiger partial charge < -0.3 is 19.9 Å². The molecule has 5 nitrogen and oxygen atoms in total. The van der Waals surface area contributed by atoms with Crippen LogP contribution < -0.4 is 10.2 Å². The van der Waals surface area contributed by atoms with Crippen LogP contribution in [0.1, 0.15) is 29.2 Å². The summed E-state index contributed by atoms with van der Waals surface area (Å²) in [6, 6.07) is 17.2. The number of nitrogens with one attached hydrogen (secondary N) is 1. The van der Waals surface area contributed by atoms with E-state index in [2.05, 4.69) is 45.9 Å². The van der Waals surface area contributed by atoms with E-state index in [1.165, 1.54) is 5.69 Å². The zero-order valence-corrected chi connectivity index (χ0v) is 15.4. The van der Waals surface area contributed by atoms with Crippen molar-refractivity contribution in [3.63, 3.8) is 0 Å². The summed E-state index contributed by atoms with van der Waals surface area (Å²) in [5.74, 6) is 0.236. The van der Waals surface area contributed by atoms with Crippen LogP contribution in [0.4, 0.5) is 5.69 Å². The average Bonchev–Trinajstić information content (AvgIpc) is 3.16. The lowest BCUT2D eigenvalue weighted by Crippen LogP contribution is -2.30. The second kappa shape index (κ2) is 6.46. The standard InChI is InChI=1S/C20H20N4OS/c1-13-6-11-17(23(13)2)19-18(16-5-3-4-12-21-16)22-20(26)24(19)14-7-9-15(25)10-8-14/h3-12,18-19,25H,1-2H3,(H,22,26). The van der Waals surface area contributed by atoms with Crippen LogP contribution in [-0.4, -0.2) is 19.8 Å². The van der Waals surface area contributed by atoms with Gasteiger partial charge in [0.05, 0.1) is 11.7 Å². The summed E-state index contributed by atoms with van der Waals surface area (Å²) in [7, 11) is 2.07. The van der Waals surface area contributed by atoms with Gasteiger partial charge in [-0.25, -0.2) is 0 Å². The number of hydrogen-bond acceptors (Lipinski definition) is 3. The van der Waals surface area contributed by atoms with Crippen LogP contribution >= 0.6 is 12.2 Å². The van der Waals surface area contributed by atoms with Gasteiger partial charge in [0, 0.05) is 30.3 Å². The lowest BCUT2D eigenvalue weighted by Gasteiger charge is -2.28. The molecule has 0 saturated carbocycles. The predicted octanol–water partition coefficient (Wildman–Crippen LogP) is 3.61. The van der Waals surface area contributed by atoms with Crippen molar-refractivity contribution >= 4 is 23.0 Å². The molecule has 132 valence electrons. The van der Waals surface area contributed by atoms with E-state index in [0.29, 0.717) is 5.11 Å². The summed E-state index contributed by atoms with van der Waals surface area (Å²) < 4.78 is 2.18. The maximum Gasteiger partial charge on any atom is 0.174 e. The first-order valence-electron chi connectivity index (χ1n) is 8.48.